The van der Waals surface area contributed by atoms with Crippen molar-refractivity contribution in [3.05, 3.63) is 203 Å². The van der Waals surface area contributed by atoms with E-state index in [-0.39, 0.29) is 10.8 Å². The topological polar surface area (TPSA) is 56.8 Å². The Kier molecular flexibility index (Phi) is 7.70. The first-order chi connectivity index (χ1) is 31.2. The van der Waals surface area contributed by atoms with Crippen molar-refractivity contribution in [3.8, 4) is 45.3 Å². The second-order valence-electron chi connectivity index (χ2n) is 18.5. The molecule has 0 unspecified atom stereocenters. The summed E-state index contributed by atoms with van der Waals surface area (Å²) in [5, 5.41) is 8.28. The first-order valence-corrected chi connectivity index (χ1v) is 22.1. The summed E-state index contributed by atoms with van der Waals surface area (Å²) in [4.78, 5) is 0. The van der Waals surface area contributed by atoms with E-state index in [9.17, 15) is 0 Å². The van der Waals surface area contributed by atoms with Gasteiger partial charge in [-0.3, -0.25) is 0 Å². The summed E-state index contributed by atoms with van der Waals surface area (Å²) in [6.45, 7) is 9.92. The van der Waals surface area contributed by atoms with E-state index in [0.29, 0.717) is 6.54 Å². The molecule has 308 valence electrons. The fraction of sp³-hybridized carbons (Fsp3) is 0.119. The first kappa shape index (κ1) is 36.9. The molecular weight excluding hydrogens is 787 g/mol. The number of allylic oxidation sites excluding steroid dienone is 2. The van der Waals surface area contributed by atoms with Crippen LogP contribution in [-0.2, 0) is 10.8 Å². The van der Waals surface area contributed by atoms with Crippen molar-refractivity contribution in [2.45, 2.75) is 38.5 Å². The predicted octanol–water partition coefficient (Wildman–Crippen LogP) is 15.7. The molecule has 10 aromatic rings. The molecule has 8 aromatic carbocycles. The van der Waals surface area contributed by atoms with E-state index in [1.54, 1.807) is 0 Å². The molecule has 1 N–H and O–H groups in total. The van der Waals surface area contributed by atoms with Crippen molar-refractivity contribution in [1.82, 2.24) is 5.32 Å². The monoisotopic (exact) mass is 829 g/mol. The fourth-order valence-electron chi connectivity index (χ4n) is 10.4. The molecule has 5 heterocycles. The minimum atomic E-state index is -0.294. The lowest BCUT2D eigenvalue weighted by Crippen LogP contribution is -2.25. The molecule has 0 radical (unpaired) electrons. The van der Waals surface area contributed by atoms with Gasteiger partial charge in [0.05, 0.1) is 0 Å². The molecule has 0 saturated carbocycles. The van der Waals surface area contributed by atoms with Crippen molar-refractivity contribution in [2.75, 3.05) is 6.54 Å². The zero-order valence-electron chi connectivity index (χ0n) is 36.0. The van der Waals surface area contributed by atoms with Crippen molar-refractivity contribution in [2.24, 2.45) is 0 Å². The van der Waals surface area contributed by atoms with Crippen molar-refractivity contribution in [1.29, 1.82) is 0 Å². The lowest BCUT2D eigenvalue weighted by atomic mass is 9.74. The molecule has 3 aliphatic rings. The molecule has 0 aliphatic carbocycles. The molecule has 13 rings (SSSR count). The molecule has 3 aliphatic heterocycles. The van der Waals surface area contributed by atoms with Crippen LogP contribution in [0.15, 0.2) is 179 Å². The summed E-state index contributed by atoms with van der Waals surface area (Å²) in [5.74, 6) is 3.60. The smallest absolute Gasteiger partial charge is 0.135 e. The van der Waals surface area contributed by atoms with Crippen LogP contribution in [-0.4, -0.2) is 6.54 Å². The number of dihydropyridines is 1. The molecule has 0 saturated heterocycles. The van der Waals surface area contributed by atoms with Gasteiger partial charge >= 0.3 is 0 Å². The number of furan rings is 2. The molecule has 5 nitrogen and oxygen atoms in total. The third-order valence-electron chi connectivity index (χ3n) is 14.1. The third kappa shape index (κ3) is 5.56. The van der Waals surface area contributed by atoms with Gasteiger partial charge in [-0.25, -0.2) is 0 Å². The number of hydrogen-bond acceptors (Lipinski definition) is 5. The summed E-state index contributed by atoms with van der Waals surface area (Å²) >= 11 is 0. The zero-order valence-corrected chi connectivity index (χ0v) is 36.0. The first-order valence-electron chi connectivity index (χ1n) is 22.1. The normalized spacial score (nSPS) is 15.6. The van der Waals surface area contributed by atoms with Crippen LogP contribution in [0.2, 0.25) is 0 Å². The van der Waals surface area contributed by atoms with Gasteiger partial charge in [0.25, 0.3) is 0 Å². The predicted molar refractivity (Wildman–Crippen MR) is 260 cm³/mol. The molecule has 0 spiro atoms. The summed E-state index contributed by atoms with van der Waals surface area (Å²) in [6, 6.07) is 55.8. The zero-order chi connectivity index (χ0) is 42.9. The second-order valence-corrected chi connectivity index (χ2v) is 18.5. The quantitative estimate of drug-likeness (QED) is 0.191. The van der Waals surface area contributed by atoms with Crippen molar-refractivity contribution < 1.29 is 18.3 Å². The van der Waals surface area contributed by atoms with Gasteiger partial charge in [-0.05, 0) is 136 Å². The van der Waals surface area contributed by atoms with Gasteiger partial charge in [0.1, 0.15) is 45.3 Å². The number of hydrogen-bond donors (Lipinski definition) is 1. The molecule has 0 bridgehead atoms. The standard InChI is InChI=1S/C59H43NO4/c1-58(2)45-29-36(34-14-21-52-43(27-34)41-9-5-7-11-50(41)61-52)16-23-54(45)63-56-25-18-38(31-47(56)58)40-13-20-49(60-33-40)39-19-26-57-48(32-39)59(3,4)46-30-37(17-24-55(46)64-57)35-15-22-53-44(28-35)42-10-6-8-12-51(42)62-53/h5-32,60H,33H2,1-4H3. The SMILES string of the molecule is CC1(C)c2cc(C3=CC=C(c4ccc5c(c4)C(C)(C)c4cc(-c6ccc7oc8ccccc8c7c6)ccc4O5)NC3)ccc2Oc2ccc(-c3ccc4oc5ccccc5c4c3)cc21. The summed E-state index contributed by atoms with van der Waals surface area (Å²) in [7, 11) is 0. The molecule has 5 heteroatoms. The number of rotatable bonds is 4. The van der Waals surface area contributed by atoms with Crippen LogP contribution in [0.3, 0.4) is 0 Å². The minimum absolute atomic E-state index is 0.287. The van der Waals surface area contributed by atoms with E-state index in [1.807, 2.05) is 24.3 Å². The number of ether oxygens (including phenoxy) is 2. The van der Waals surface area contributed by atoms with E-state index in [1.165, 1.54) is 33.4 Å². The number of nitrogens with one attached hydrogen (secondary N) is 1. The van der Waals surface area contributed by atoms with Crippen LogP contribution >= 0.6 is 0 Å². The highest BCUT2D eigenvalue weighted by atomic mass is 16.5. The molecule has 2 aromatic heterocycles. The highest BCUT2D eigenvalue weighted by molar-refractivity contribution is 6.07. The Balaban J connectivity index is 0.784. The summed E-state index contributed by atoms with van der Waals surface area (Å²) in [6.07, 6.45) is 4.47. The van der Waals surface area contributed by atoms with Crippen LogP contribution in [0.4, 0.5) is 0 Å². The average molecular weight is 830 g/mol. The van der Waals surface area contributed by atoms with Crippen molar-refractivity contribution >= 4 is 55.1 Å². The van der Waals surface area contributed by atoms with E-state index >= 15 is 0 Å². The van der Waals surface area contributed by atoms with Gasteiger partial charge in [0.15, 0.2) is 0 Å². The molecule has 64 heavy (non-hydrogen) atoms. The van der Waals surface area contributed by atoms with Gasteiger partial charge in [0, 0.05) is 66.9 Å². The van der Waals surface area contributed by atoms with Crippen LogP contribution in [0.1, 0.15) is 61.1 Å². The van der Waals surface area contributed by atoms with Gasteiger partial charge in [-0.1, -0.05) is 101 Å². The number of para-hydroxylation sites is 2. The second kappa shape index (κ2) is 13.4. The summed E-state index contributed by atoms with van der Waals surface area (Å²) < 4.78 is 25.4. The van der Waals surface area contributed by atoms with Crippen LogP contribution in [0.5, 0.6) is 23.0 Å². The molecule has 0 fully saturated rings. The Hall–Kier alpha value is -7.76. The van der Waals surface area contributed by atoms with E-state index in [0.717, 1.165) is 100 Å². The molecular formula is C59H43NO4. The highest BCUT2D eigenvalue weighted by Crippen LogP contribution is 2.52. The van der Waals surface area contributed by atoms with E-state index in [4.69, 9.17) is 18.3 Å². The minimum Gasteiger partial charge on any atom is -0.457 e. The van der Waals surface area contributed by atoms with Gasteiger partial charge in [-0.2, -0.15) is 0 Å². The largest absolute Gasteiger partial charge is 0.457 e. The highest BCUT2D eigenvalue weighted by Gasteiger charge is 2.37. The molecule has 0 atom stereocenters. The van der Waals surface area contributed by atoms with E-state index in [2.05, 4.69) is 179 Å². The Bertz CT molecular complexity index is 3440. The lowest BCUT2D eigenvalue weighted by Gasteiger charge is -2.35. The van der Waals surface area contributed by atoms with Crippen LogP contribution in [0, 0.1) is 0 Å². The van der Waals surface area contributed by atoms with E-state index < -0.39 is 0 Å². The maximum absolute atomic E-state index is 6.60. The average Bonchev–Trinajstić information content (AvgIpc) is 3.89. The third-order valence-corrected chi connectivity index (χ3v) is 14.1. The Morgan fingerprint density at radius 2 is 0.766 bits per heavy atom. The number of fused-ring (bicyclic) bond motifs is 10. The van der Waals surface area contributed by atoms with Crippen LogP contribution in [0.25, 0.3) is 77.4 Å². The molecule has 0 amide bonds. The fourth-order valence-corrected chi connectivity index (χ4v) is 10.4. The Morgan fingerprint density at radius 3 is 1.25 bits per heavy atom. The Labute approximate surface area is 370 Å². The van der Waals surface area contributed by atoms with Crippen molar-refractivity contribution in [3.63, 3.8) is 0 Å². The van der Waals surface area contributed by atoms with Gasteiger partial charge in [0.2, 0.25) is 0 Å². The lowest BCUT2D eigenvalue weighted by molar-refractivity contribution is 0.417. The Morgan fingerprint density at radius 1 is 0.375 bits per heavy atom. The number of benzene rings is 8. The van der Waals surface area contributed by atoms with Gasteiger partial charge in [-0.15, -0.1) is 0 Å². The van der Waals surface area contributed by atoms with Crippen LogP contribution < -0.4 is 14.8 Å². The maximum atomic E-state index is 6.60. The maximum Gasteiger partial charge on any atom is 0.135 e. The summed E-state index contributed by atoms with van der Waals surface area (Å²) in [5.41, 5.74) is 17.0. The van der Waals surface area contributed by atoms with Gasteiger partial charge < -0.3 is 23.6 Å².